The van der Waals surface area contributed by atoms with Gasteiger partial charge in [-0.2, -0.15) is 4.31 Å². The molecule has 0 spiro atoms. The van der Waals surface area contributed by atoms with Crippen LogP contribution in [0.4, 0.5) is 5.69 Å². The van der Waals surface area contributed by atoms with Crippen molar-refractivity contribution in [2.75, 3.05) is 38.7 Å². The molecule has 1 aromatic rings. The van der Waals surface area contributed by atoms with Gasteiger partial charge in [-0.1, -0.05) is 4.21 Å². The zero-order valence-corrected chi connectivity index (χ0v) is 12.9. The molecular weight excluding hydrogens is 296 g/mol. The number of nitrogens with zero attached hydrogens (tertiary/aromatic N) is 2. The van der Waals surface area contributed by atoms with Crippen LogP contribution in [0.3, 0.4) is 0 Å². The summed E-state index contributed by atoms with van der Waals surface area (Å²) in [6, 6.07) is 4.52. The van der Waals surface area contributed by atoms with Gasteiger partial charge in [0.1, 0.15) is 0 Å². The highest BCUT2D eigenvalue weighted by atomic mass is 32.2. The van der Waals surface area contributed by atoms with Crippen LogP contribution in [-0.2, 0) is 24.9 Å². The van der Waals surface area contributed by atoms with Crippen molar-refractivity contribution in [3.05, 3.63) is 29.3 Å². The van der Waals surface area contributed by atoms with E-state index in [0.29, 0.717) is 18.8 Å². The van der Waals surface area contributed by atoms with E-state index in [9.17, 15) is 13.8 Å². The SMILES string of the molecule is COC(=O)c1cc(C(=O)OC)cc(N2CCN(C)[SH+]2=O)c1. The molecule has 0 aliphatic carbocycles. The van der Waals surface area contributed by atoms with Crippen LogP contribution in [0.1, 0.15) is 20.7 Å². The van der Waals surface area contributed by atoms with Crippen LogP contribution in [0.5, 0.6) is 0 Å². The van der Waals surface area contributed by atoms with E-state index in [1.54, 1.807) is 27.8 Å². The van der Waals surface area contributed by atoms with Gasteiger partial charge in [-0.15, -0.1) is 4.31 Å². The molecule has 0 saturated carbocycles. The Morgan fingerprint density at radius 3 is 1.95 bits per heavy atom. The molecule has 0 aromatic heterocycles. The van der Waals surface area contributed by atoms with Crippen molar-refractivity contribution < 1.29 is 23.3 Å². The van der Waals surface area contributed by atoms with Gasteiger partial charge in [-0.05, 0) is 18.2 Å². The second-order valence-corrected chi connectivity index (χ2v) is 6.18. The lowest BCUT2D eigenvalue weighted by Crippen LogP contribution is -2.24. The Kier molecular flexibility index (Phi) is 4.59. The second-order valence-electron chi connectivity index (χ2n) is 4.51. The molecule has 1 atom stereocenters. The number of benzene rings is 1. The standard InChI is InChI=1S/C13H16N2O5S/c1-14-4-5-15(21(14)18)11-7-9(12(16)19-2)6-10(8-11)13(17)20-3/h6-8H,4-5H2,1-3H3/p+1. The third-order valence-electron chi connectivity index (χ3n) is 3.19. The molecule has 1 fully saturated rings. The summed E-state index contributed by atoms with van der Waals surface area (Å²) < 4.78 is 24.9. The van der Waals surface area contributed by atoms with E-state index in [4.69, 9.17) is 0 Å². The first-order valence-electron chi connectivity index (χ1n) is 6.25. The molecule has 0 radical (unpaired) electrons. The Bertz CT molecular complexity index is 570. The minimum absolute atomic E-state index is 0.216. The van der Waals surface area contributed by atoms with E-state index in [-0.39, 0.29) is 11.1 Å². The molecule has 0 amide bonds. The summed E-state index contributed by atoms with van der Waals surface area (Å²) in [5.74, 6) is -1.13. The van der Waals surface area contributed by atoms with Gasteiger partial charge in [0.25, 0.3) is 0 Å². The predicted molar refractivity (Wildman–Crippen MR) is 78.5 cm³/mol. The molecule has 114 valence electrons. The van der Waals surface area contributed by atoms with E-state index >= 15 is 0 Å². The van der Waals surface area contributed by atoms with Gasteiger partial charge in [0.15, 0.2) is 0 Å². The number of likely N-dealkylation sites (N-methyl/N-ethyl adjacent to an activating group) is 1. The molecule has 0 N–H and O–H groups in total. The molecule has 1 aliphatic heterocycles. The first kappa shape index (κ1) is 15.5. The number of methoxy groups -OCH3 is 2. The molecule has 8 heteroatoms. The smallest absolute Gasteiger partial charge is 0.337 e. The summed E-state index contributed by atoms with van der Waals surface area (Å²) in [5.41, 5.74) is 0.963. The van der Waals surface area contributed by atoms with Crippen molar-refractivity contribution in [1.82, 2.24) is 4.31 Å². The molecule has 1 heterocycles. The number of hydrogen-bond acceptors (Lipinski definition) is 5. The first-order chi connectivity index (χ1) is 9.97. The van der Waals surface area contributed by atoms with Gasteiger partial charge in [-0.25, -0.2) is 9.59 Å². The molecule has 7 nitrogen and oxygen atoms in total. The molecule has 21 heavy (non-hydrogen) atoms. The van der Waals surface area contributed by atoms with Crippen molar-refractivity contribution in [1.29, 1.82) is 0 Å². The number of ether oxygens (including phenoxy) is 2. The Hall–Kier alpha value is -1.93. The van der Waals surface area contributed by atoms with Crippen molar-refractivity contribution >= 4 is 28.8 Å². The molecule has 1 aromatic carbocycles. The monoisotopic (exact) mass is 313 g/mol. The van der Waals surface area contributed by atoms with E-state index in [2.05, 4.69) is 9.47 Å². The quantitative estimate of drug-likeness (QED) is 0.462. The van der Waals surface area contributed by atoms with Crippen LogP contribution in [0.2, 0.25) is 0 Å². The summed E-state index contributed by atoms with van der Waals surface area (Å²) in [6.45, 7) is 1.20. The van der Waals surface area contributed by atoms with E-state index in [1.807, 2.05) is 0 Å². The van der Waals surface area contributed by atoms with E-state index in [0.717, 1.165) is 0 Å². The van der Waals surface area contributed by atoms with Crippen LogP contribution in [0.15, 0.2) is 18.2 Å². The maximum absolute atomic E-state index is 12.2. The van der Waals surface area contributed by atoms with Gasteiger partial charge >= 0.3 is 11.9 Å². The lowest BCUT2D eigenvalue weighted by molar-refractivity contribution is 0.0599. The van der Waals surface area contributed by atoms with Gasteiger partial charge in [-0.3, -0.25) is 0 Å². The molecule has 1 aliphatic rings. The highest BCUT2D eigenvalue weighted by Gasteiger charge is 2.33. The Morgan fingerprint density at radius 2 is 1.57 bits per heavy atom. The van der Waals surface area contributed by atoms with Gasteiger partial charge < -0.3 is 9.47 Å². The molecule has 1 unspecified atom stereocenters. The van der Waals surface area contributed by atoms with E-state index in [1.165, 1.54) is 20.3 Å². The van der Waals surface area contributed by atoms with Crippen LogP contribution in [-0.4, -0.2) is 50.6 Å². The highest BCUT2D eigenvalue weighted by molar-refractivity contribution is 7.84. The lowest BCUT2D eigenvalue weighted by Gasteiger charge is -2.13. The summed E-state index contributed by atoms with van der Waals surface area (Å²) in [7, 11) is 4.28. The topological polar surface area (TPSA) is 76.2 Å². The van der Waals surface area contributed by atoms with E-state index < -0.39 is 23.1 Å². The van der Waals surface area contributed by atoms with Crippen LogP contribution >= 0.6 is 0 Å². The first-order valence-corrected chi connectivity index (χ1v) is 7.42. The average molecular weight is 313 g/mol. The molecule has 2 rings (SSSR count). The van der Waals surface area contributed by atoms with Crippen LogP contribution < -0.4 is 4.31 Å². The second kappa shape index (κ2) is 6.23. The zero-order chi connectivity index (χ0) is 15.6. The van der Waals surface area contributed by atoms with Crippen molar-refractivity contribution in [2.24, 2.45) is 0 Å². The number of thiol groups is 1. The van der Waals surface area contributed by atoms with Crippen molar-refractivity contribution in [3.63, 3.8) is 0 Å². The molecular formula is C13H17N2O5S+. The largest absolute Gasteiger partial charge is 0.465 e. The molecule has 0 bridgehead atoms. The van der Waals surface area contributed by atoms with Crippen molar-refractivity contribution in [2.45, 2.75) is 0 Å². The summed E-state index contributed by atoms with van der Waals surface area (Å²) >= 11 is -1.73. The maximum atomic E-state index is 12.2. The Labute approximate surface area is 125 Å². The maximum Gasteiger partial charge on any atom is 0.337 e. The normalized spacial score (nSPS) is 18.6. The zero-order valence-electron chi connectivity index (χ0n) is 12.0. The minimum atomic E-state index is -1.73. The molecule has 1 saturated heterocycles. The van der Waals surface area contributed by atoms with Gasteiger partial charge in [0.2, 0.25) is 11.2 Å². The number of carbonyl (C=O) groups is 2. The number of anilines is 1. The predicted octanol–water partition coefficient (Wildman–Crippen LogP) is 0.538. The van der Waals surface area contributed by atoms with Crippen molar-refractivity contribution in [3.8, 4) is 0 Å². The van der Waals surface area contributed by atoms with Crippen LogP contribution in [0, 0.1) is 0 Å². The Balaban J connectivity index is 2.47. The summed E-state index contributed by atoms with van der Waals surface area (Å²) in [6.07, 6.45) is 0. The lowest BCUT2D eigenvalue weighted by atomic mass is 10.1. The van der Waals surface area contributed by atoms with Gasteiger partial charge in [0, 0.05) is 7.05 Å². The average Bonchev–Trinajstić information content (AvgIpc) is 2.84. The number of carbonyl (C=O) groups excluding carboxylic acids is 2. The third kappa shape index (κ3) is 3.06. The summed E-state index contributed by atoms with van der Waals surface area (Å²) in [4.78, 5) is 23.4. The number of hydrogen-bond donors (Lipinski definition) is 0. The fraction of sp³-hybridized carbons (Fsp3) is 0.385. The van der Waals surface area contributed by atoms with Gasteiger partial charge in [0.05, 0.1) is 44.1 Å². The van der Waals surface area contributed by atoms with Crippen LogP contribution in [0.25, 0.3) is 0 Å². The highest BCUT2D eigenvalue weighted by Crippen LogP contribution is 2.25. The third-order valence-corrected chi connectivity index (χ3v) is 4.82. The fourth-order valence-electron chi connectivity index (χ4n) is 2.05. The number of rotatable bonds is 3. The fourth-order valence-corrected chi connectivity index (χ4v) is 3.26. The minimum Gasteiger partial charge on any atom is -0.465 e. The summed E-state index contributed by atoms with van der Waals surface area (Å²) in [5, 5.41) is 0. The number of esters is 2. The Morgan fingerprint density at radius 1 is 1.05 bits per heavy atom.